The molecule has 1 aromatic heterocycles. The average molecular weight is 544 g/mol. The third-order valence-electron chi connectivity index (χ3n) is 6.08. The number of hydrogen-bond acceptors (Lipinski definition) is 5. The molecule has 0 unspecified atom stereocenters. The second-order valence-electron chi connectivity index (χ2n) is 8.84. The number of hydrogen-bond donors (Lipinski definition) is 0. The van der Waals surface area contributed by atoms with Crippen LogP contribution < -0.4 is 4.74 Å². The summed E-state index contributed by atoms with van der Waals surface area (Å²) in [7, 11) is 0. The zero-order chi connectivity index (χ0) is 26.5. The van der Waals surface area contributed by atoms with Crippen molar-refractivity contribution in [2.75, 3.05) is 6.54 Å². The maximum Gasteiger partial charge on any atom is 0.266 e. The van der Waals surface area contributed by atoms with Gasteiger partial charge in [-0.15, -0.1) is 0 Å². The molecule has 0 N–H and O–H groups in total. The van der Waals surface area contributed by atoms with Crippen molar-refractivity contribution >= 4 is 40.3 Å². The summed E-state index contributed by atoms with van der Waals surface area (Å²) in [5.41, 5.74) is 4.16. The summed E-state index contributed by atoms with van der Waals surface area (Å²) >= 11 is 6.82. The van der Waals surface area contributed by atoms with Gasteiger partial charge in [-0.2, -0.15) is 5.10 Å². The minimum absolute atomic E-state index is 0.0664. The second kappa shape index (κ2) is 11.8. The highest BCUT2D eigenvalue weighted by Crippen LogP contribution is 2.35. The van der Waals surface area contributed by atoms with Gasteiger partial charge in [0.25, 0.3) is 5.91 Å². The van der Waals surface area contributed by atoms with Crippen molar-refractivity contribution in [3.05, 3.63) is 107 Å². The van der Waals surface area contributed by atoms with Gasteiger partial charge in [0.05, 0.1) is 10.6 Å². The van der Waals surface area contributed by atoms with Crippen LogP contribution in [0.4, 0.5) is 4.39 Å². The van der Waals surface area contributed by atoms with E-state index in [9.17, 15) is 9.18 Å². The fourth-order valence-corrected chi connectivity index (χ4v) is 5.36. The number of carbonyl (C=O) groups excluding carboxylic acids is 1. The summed E-state index contributed by atoms with van der Waals surface area (Å²) in [5.74, 6) is 0.320. The smallest absolute Gasteiger partial charge is 0.266 e. The van der Waals surface area contributed by atoms with E-state index in [1.54, 1.807) is 17.0 Å². The summed E-state index contributed by atoms with van der Waals surface area (Å²) in [6.45, 7) is 3.03. The number of carbonyl (C=O) groups is 1. The minimum Gasteiger partial charge on any atom is -0.489 e. The molecule has 2 heterocycles. The van der Waals surface area contributed by atoms with Crippen LogP contribution in [0.2, 0.25) is 0 Å². The molecule has 0 bridgehead atoms. The third-order valence-corrected chi connectivity index (χ3v) is 7.46. The summed E-state index contributed by atoms with van der Waals surface area (Å²) in [4.78, 5) is 15.4. The predicted molar refractivity (Wildman–Crippen MR) is 155 cm³/mol. The van der Waals surface area contributed by atoms with Gasteiger partial charge >= 0.3 is 0 Å². The molecular weight excluding hydrogens is 517 g/mol. The lowest BCUT2D eigenvalue weighted by molar-refractivity contribution is -0.122. The maximum absolute atomic E-state index is 13.2. The number of benzene rings is 3. The van der Waals surface area contributed by atoms with Crippen LogP contribution in [0, 0.1) is 5.82 Å². The average Bonchev–Trinajstić information content (AvgIpc) is 3.48. The van der Waals surface area contributed by atoms with Crippen LogP contribution in [0.1, 0.15) is 30.9 Å². The number of rotatable bonds is 9. The molecule has 38 heavy (non-hydrogen) atoms. The van der Waals surface area contributed by atoms with E-state index in [1.807, 2.05) is 71.6 Å². The number of ether oxygens (including phenoxy) is 1. The first-order valence-electron chi connectivity index (χ1n) is 12.4. The molecule has 0 aliphatic carbocycles. The van der Waals surface area contributed by atoms with E-state index in [4.69, 9.17) is 22.1 Å². The lowest BCUT2D eigenvalue weighted by Gasteiger charge is -2.13. The maximum atomic E-state index is 13.2. The topological polar surface area (TPSA) is 47.4 Å². The van der Waals surface area contributed by atoms with E-state index in [2.05, 4.69) is 6.92 Å². The van der Waals surface area contributed by atoms with Crippen molar-refractivity contribution in [2.45, 2.75) is 26.4 Å². The molecule has 1 aliphatic heterocycles. The van der Waals surface area contributed by atoms with Gasteiger partial charge in [-0.05, 0) is 54.5 Å². The van der Waals surface area contributed by atoms with Gasteiger partial charge in [-0.3, -0.25) is 9.69 Å². The first-order valence-corrected chi connectivity index (χ1v) is 13.6. The van der Waals surface area contributed by atoms with E-state index in [1.165, 1.54) is 23.9 Å². The van der Waals surface area contributed by atoms with Gasteiger partial charge in [0.2, 0.25) is 0 Å². The Morgan fingerprint density at radius 2 is 1.84 bits per heavy atom. The number of aromatic nitrogens is 2. The van der Waals surface area contributed by atoms with Gasteiger partial charge in [-0.25, -0.2) is 9.07 Å². The van der Waals surface area contributed by atoms with E-state index in [0.29, 0.717) is 28.1 Å². The van der Waals surface area contributed by atoms with Crippen molar-refractivity contribution in [3.63, 3.8) is 0 Å². The molecule has 1 saturated heterocycles. The molecule has 0 spiro atoms. The number of halogens is 1. The monoisotopic (exact) mass is 543 g/mol. The normalized spacial score (nSPS) is 14.5. The highest BCUT2D eigenvalue weighted by atomic mass is 32.2. The number of thioether (sulfide) groups is 1. The fourth-order valence-electron chi connectivity index (χ4n) is 4.06. The molecule has 1 aliphatic rings. The number of nitrogens with zero attached hydrogens (tertiary/aromatic N) is 3. The molecule has 1 amide bonds. The molecule has 8 heteroatoms. The van der Waals surface area contributed by atoms with Gasteiger partial charge in [0.15, 0.2) is 0 Å². The third kappa shape index (κ3) is 5.87. The molecule has 0 radical (unpaired) electrons. The molecule has 0 saturated carbocycles. The zero-order valence-electron chi connectivity index (χ0n) is 20.8. The van der Waals surface area contributed by atoms with E-state index >= 15 is 0 Å². The quantitative estimate of drug-likeness (QED) is 0.164. The van der Waals surface area contributed by atoms with Gasteiger partial charge in [-0.1, -0.05) is 79.8 Å². The lowest BCUT2D eigenvalue weighted by Crippen LogP contribution is -2.28. The number of thiocarbonyl (C=S) groups is 1. The number of unbranched alkanes of at least 4 members (excludes halogenated alkanes) is 1. The predicted octanol–water partition coefficient (Wildman–Crippen LogP) is 7.26. The standard InChI is InChI=1S/C30H26FN3O2S2/c1-2-3-16-33-29(35)27(38-30(33)37)18-23-19-34(25-9-5-4-6-10-25)32-28(23)22-8-7-11-26(17-22)36-20-21-12-14-24(31)15-13-21/h4-15,17-19H,2-3,16,20H2,1H3/b27-18-. The minimum atomic E-state index is -0.278. The van der Waals surface area contributed by atoms with Crippen LogP contribution in [0.5, 0.6) is 5.75 Å². The Balaban J connectivity index is 1.48. The van der Waals surface area contributed by atoms with Gasteiger partial charge in [0, 0.05) is 23.9 Å². The highest BCUT2D eigenvalue weighted by molar-refractivity contribution is 8.26. The second-order valence-corrected chi connectivity index (χ2v) is 10.5. The van der Waals surface area contributed by atoms with Crippen LogP contribution >= 0.6 is 24.0 Å². The van der Waals surface area contributed by atoms with E-state index < -0.39 is 0 Å². The summed E-state index contributed by atoms with van der Waals surface area (Å²) in [6, 6.07) is 23.7. The summed E-state index contributed by atoms with van der Waals surface area (Å²) < 4.78 is 21.6. The molecule has 3 aromatic carbocycles. The molecular formula is C30H26FN3O2S2. The molecule has 192 valence electrons. The Bertz CT molecular complexity index is 1480. The Kier molecular flexibility index (Phi) is 8.00. The SMILES string of the molecule is CCCCN1C(=O)/C(=C/c2cn(-c3ccccc3)nc2-c2cccc(OCc3ccc(F)cc3)c2)SC1=S. The van der Waals surface area contributed by atoms with Gasteiger partial charge < -0.3 is 4.74 Å². The molecule has 0 atom stereocenters. The first kappa shape index (κ1) is 25.9. The Hall–Kier alpha value is -3.75. The molecule has 5 nitrogen and oxygen atoms in total. The van der Waals surface area contributed by atoms with Crippen molar-refractivity contribution in [2.24, 2.45) is 0 Å². The van der Waals surface area contributed by atoms with E-state index in [0.717, 1.165) is 40.9 Å². The number of para-hydroxylation sites is 1. The Morgan fingerprint density at radius 1 is 1.05 bits per heavy atom. The van der Waals surface area contributed by atoms with Crippen LogP contribution in [0.15, 0.2) is 90.0 Å². The van der Waals surface area contributed by atoms with Gasteiger partial charge in [0.1, 0.15) is 28.2 Å². The summed E-state index contributed by atoms with van der Waals surface area (Å²) in [6.07, 6.45) is 5.69. The van der Waals surface area contributed by atoms with Crippen LogP contribution in [0.25, 0.3) is 23.0 Å². The van der Waals surface area contributed by atoms with Crippen molar-refractivity contribution in [1.82, 2.24) is 14.7 Å². The van der Waals surface area contributed by atoms with Crippen molar-refractivity contribution in [1.29, 1.82) is 0 Å². The molecule has 5 rings (SSSR count). The number of amides is 1. The largest absolute Gasteiger partial charge is 0.489 e. The van der Waals surface area contributed by atoms with E-state index in [-0.39, 0.29) is 11.7 Å². The highest BCUT2D eigenvalue weighted by Gasteiger charge is 2.32. The molecule has 1 fully saturated rings. The lowest BCUT2D eigenvalue weighted by atomic mass is 10.1. The van der Waals surface area contributed by atoms with Crippen molar-refractivity contribution in [3.8, 4) is 22.7 Å². The Labute approximate surface area is 230 Å². The van der Waals surface area contributed by atoms with Crippen LogP contribution in [-0.4, -0.2) is 31.5 Å². The first-order chi connectivity index (χ1) is 18.5. The summed E-state index contributed by atoms with van der Waals surface area (Å²) in [5, 5.41) is 4.88. The Morgan fingerprint density at radius 3 is 2.61 bits per heavy atom. The molecule has 4 aromatic rings. The van der Waals surface area contributed by atoms with Crippen molar-refractivity contribution < 1.29 is 13.9 Å². The fraction of sp³-hybridized carbons (Fsp3) is 0.167. The zero-order valence-corrected chi connectivity index (χ0v) is 22.5. The van der Waals surface area contributed by atoms with Crippen LogP contribution in [0.3, 0.4) is 0 Å². The van der Waals surface area contributed by atoms with Crippen LogP contribution in [-0.2, 0) is 11.4 Å².